The zero-order chi connectivity index (χ0) is 14.0. The lowest BCUT2D eigenvalue weighted by Gasteiger charge is -2.11. The van der Waals surface area contributed by atoms with Gasteiger partial charge in [-0.1, -0.05) is 36.7 Å². The molecule has 1 aromatic heterocycles. The Morgan fingerprint density at radius 1 is 1.32 bits per heavy atom. The highest BCUT2D eigenvalue weighted by Crippen LogP contribution is 2.18. The molecule has 1 heterocycles. The monoisotopic (exact) mass is 280 g/mol. The maximum Gasteiger partial charge on any atom is 0.331 e. The van der Waals surface area contributed by atoms with E-state index in [4.69, 9.17) is 11.6 Å². The number of aromatic hydroxyl groups is 1. The van der Waals surface area contributed by atoms with Crippen LogP contribution < -0.4 is 11.2 Å². The lowest BCUT2D eigenvalue weighted by atomic mass is 10.2. The molecule has 0 aliphatic carbocycles. The molecule has 0 aliphatic rings. The third kappa shape index (κ3) is 2.56. The summed E-state index contributed by atoms with van der Waals surface area (Å²) in [6, 6.07) is 7.02. The number of aromatic amines is 1. The average molecular weight is 281 g/mol. The van der Waals surface area contributed by atoms with Crippen LogP contribution in [0.2, 0.25) is 5.02 Å². The van der Waals surface area contributed by atoms with Crippen LogP contribution in [0, 0.1) is 0 Å². The fourth-order valence-corrected chi connectivity index (χ4v) is 2.06. The van der Waals surface area contributed by atoms with Crippen LogP contribution in [0.3, 0.4) is 0 Å². The van der Waals surface area contributed by atoms with Gasteiger partial charge in [-0.25, -0.2) is 4.79 Å². The van der Waals surface area contributed by atoms with Crippen molar-refractivity contribution in [3.8, 4) is 5.88 Å². The zero-order valence-electron chi connectivity index (χ0n) is 10.3. The topological polar surface area (TPSA) is 75.1 Å². The van der Waals surface area contributed by atoms with E-state index in [0.717, 1.165) is 4.57 Å². The molecule has 0 saturated carbocycles. The highest BCUT2D eigenvalue weighted by molar-refractivity contribution is 6.31. The molecular formula is C13H13ClN2O3. The molecule has 0 aliphatic heterocycles. The number of hydrogen-bond acceptors (Lipinski definition) is 3. The zero-order valence-corrected chi connectivity index (χ0v) is 11.1. The number of hydrogen-bond donors (Lipinski definition) is 2. The largest absolute Gasteiger partial charge is 0.494 e. The van der Waals surface area contributed by atoms with E-state index in [2.05, 4.69) is 4.98 Å². The molecule has 0 atom stereocenters. The van der Waals surface area contributed by atoms with E-state index in [1.165, 1.54) is 0 Å². The van der Waals surface area contributed by atoms with Gasteiger partial charge < -0.3 is 5.11 Å². The van der Waals surface area contributed by atoms with Crippen LogP contribution >= 0.6 is 11.6 Å². The van der Waals surface area contributed by atoms with Crippen molar-refractivity contribution in [1.82, 2.24) is 9.55 Å². The van der Waals surface area contributed by atoms with Gasteiger partial charge in [0.1, 0.15) is 0 Å². The van der Waals surface area contributed by atoms with Crippen LogP contribution in [0.1, 0.15) is 18.1 Å². The Morgan fingerprint density at radius 2 is 2.00 bits per heavy atom. The second-order valence-electron chi connectivity index (χ2n) is 4.09. The molecule has 0 bridgehead atoms. The van der Waals surface area contributed by atoms with E-state index in [0.29, 0.717) is 17.0 Å². The number of nitrogens with one attached hydrogen (secondary N) is 1. The van der Waals surface area contributed by atoms with E-state index in [1.54, 1.807) is 31.2 Å². The predicted molar refractivity (Wildman–Crippen MR) is 72.9 cm³/mol. The number of benzene rings is 1. The number of aromatic nitrogens is 2. The molecule has 0 amide bonds. The van der Waals surface area contributed by atoms with Crippen LogP contribution in [0.4, 0.5) is 0 Å². The van der Waals surface area contributed by atoms with Gasteiger partial charge in [0.05, 0.1) is 12.1 Å². The molecular weight excluding hydrogens is 268 g/mol. The van der Waals surface area contributed by atoms with Gasteiger partial charge in [-0.3, -0.25) is 14.3 Å². The Kier molecular flexibility index (Phi) is 3.76. The van der Waals surface area contributed by atoms with Gasteiger partial charge in [-0.2, -0.15) is 0 Å². The Morgan fingerprint density at radius 3 is 2.63 bits per heavy atom. The molecule has 1 aromatic carbocycles. The minimum atomic E-state index is -0.653. The van der Waals surface area contributed by atoms with Crippen molar-refractivity contribution in [2.45, 2.75) is 19.9 Å². The lowest BCUT2D eigenvalue weighted by Crippen LogP contribution is -2.32. The first-order valence-electron chi connectivity index (χ1n) is 5.83. The highest BCUT2D eigenvalue weighted by atomic mass is 35.5. The summed E-state index contributed by atoms with van der Waals surface area (Å²) in [5.74, 6) is -0.309. The summed E-state index contributed by atoms with van der Waals surface area (Å²) in [6.45, 7) is 1.84. The summed E-state index contributed by atoms with van der Waals surface area (Å²) >= 11 is 6.01. The maximum absolute atomic E-state index is 11.7. The minimum Gasteiger partial charge on any atom is -0.494 e. The summed E-state index contributed by atoms with van der Waals surface area (Å²) in [5.41, 5.74) is -0.331. The molecule has 6 heteroatoms. The Labute approximate surface area is 114 Å². The normalized spacial score (nSPS) is 10.6. The van der Waals surface area contributed by atoms with Crippen molar-refractivity contribution in [1.29, 1.82) is 0 Å². The predicted octanol–water partition coefficient (Wildman–Crippen LogP) is 1.51. The van der Waals surface area contributed by atoms with Gasteiger partial charge in [-0.05, 0) is 18.1 Å². The van der Waals surface area contributed by atoms with E-state index in [-0.39, 0.29) is 18.0 Å². The molecule has 2 aromatic rings. The summed E-state index contributed by atoms with van der Waals surface area (Å²) in [5, 5.41) is 10.5. The number of nitrogens with zero attached hydrogens (tertiary/aromatic N) is 1. The van der Waals surface area contributed by atoms with Gasteiger partial charge in [0.15, 0.2) is 0 Å². The van der Waals surface area contributed by atoms with Crippen LogP contribution in [0.15, 0.2) is 33.9 Å². The van der Waals surface area contributed by atoms with Crippen LogP contribution in [0.25, 0.3) is 0 Å². The third-order valence-corrected chi connectivity index (χ3v) is 3.27. The molecule has 5 nitrogen and oxygen atoms in total. The lowest BCUT2D eigenvalue weighted by molar-refractivity contribution is 0.402. The van der Waals surface area contributed by atoms with Gasteiger partial charge in [-0.15, -0.1) is 0 Å². The van der Waals surface area contributed by atoms with Crippen LogP contribution in [0.5, 0.6) is 5.88 Å². The molecule has 0 saturated heterocycles. The quantitative estimate of drug-likeness (QED) is 0.895. The first kappa shape index (κ1) is 13.4. The molecule has 2 N–H and O–H groups in total. The summed E-state index contributed by atoms with van der Waals surface area (Å²) in [6.07, 6.45) is 0.337. The van der Waals surface area contributed by atoms with E-state index in [1.807, 2.05) is 0 Å². The fraction of sp³-hybridized carbons (Fsp3) is 0.231. The van der Waals surface area contributed by atoms with Crippen LogP contribution in [-0.2, 0) is 13.0 Å². The molecule has 19 heavy (non-hydrogen) atoms. The van der Waals surface area contributed by atoms with Crippen molar-refractivity contribution >= 4 is 11.6 Å². The van der Waals surface area contributed by atoms with Crippen molar-refractivity contribution < 1.29 is 5.11 Å². The Balaban J connectivity index is 2.55. The smallest absolute Gasteiger partial charge is 0.331 e. The minimum absolute atomic E-state index is 0.105. The van der Waals surface area contributed by atoms with E-state index < -0.39 is 11.2 Å². The van der Waals surface area contributed by atoms with Crippen molar-refractivity contribution in [2.75, 3.05) is 0 Å². The van der Waals surface area contributed by atoms with Gasteiger partial charge in [0, 0.05) is 5.02 Å². The summed E-state index contributed by atoms with van der Waals surface area (Å²) < 4.78 is 1.10. The number of rotatable bonds is 3. The number of halogens is 1. The van der Waals surface area contributed by atoms with Crippen molar-refractivity contribution in [2.24, 2.45) is 0 Å². The molecule has 0 unspecified atom stereocenters. The van der Waals surface area contributed by atoms with Crippen LogP contribution in [-0.4, -0.2) is 14.7 Å². The van der Waals surface area contributed by atoms with Gasteiger partial charge in [0.25, 0.3) is 5.56 Å². The fourth-order valence-electron chi connectivity index (χ4n) is 1.86. The first-order valence-corrected chi connectivity index (χ1v) is 6.20. The Bertz CT molecular complexity index is 719. The molecule has 0 radical (unpaired) electrons. The maximum atomic E-state index is 11.7. The van der Waals surface area contributed by atoms with Gasteiger partial charge in [0.2, 0.25) is 5.88 Å². The standard InChI is InChI=1S/C13H13ClN2O3/c1-2-9-11(17)15-13(19)16(12(9)18)7-8-5-3-4-6-10(8)14/h3-6,18H,2,7H2,1H3,(H,15,17,19). The SMILES string of the molecule is CCc1c(O)n(Cc2ccccc2Cl)c(=O)[nH]c1=O. The molecule has 0 spiro atoms. The second kappa shape index (κ2) is 5.32. The summed E-state index contributed by atoms with van der Waals surface area (Å²) in [7, 11) is 0. The van der Waals surface area contributed by atoms with Gasteiger partial charge >= 0.3 is 5.69 Å². The second-order valence-corrected chi connectivity index (χ2v) is 4.50. The molecule has 0 fully saturated rings. The average Bonchev–Trinajstić information content (AvgIpc) is 2.36. The number of H-pyrrole nitrogens is 1. The van der Waals surface area contributed by atoms with Crippen molar-refractivity contribution in [3.05, 3.63) is 61.3 Å². The summed E-state index contributed by atoms with van der Waals surface area (Å²) in [4.78, 5) is 25.4. The van der Waals surface area contributed by atoms with E-state index in [9.17, 15) is 14.7 Å². The van der Waals surface area contributed by atoms with E-state index >= 15 is 0 Å². The molecule has 2 rings (SSSR count). The molecule has 100 valence electrons. The third-order valence-electron chi connectivity index (χ3n) is 2.91. The highest BCUT2D eigenvalue weighted by Gasteiger charge is 2.13. The first-order chi connectivity index (χ1) is 9.04. The van der Waals surface area contributed by atoms with Crippen molar-refractivity contribution in [3.63, 3.8) is 0 Å². The Hall–Kier alpha value is -2.01.